The lowest BCUT2D eigenvalue weighted by Gasteiger charge is -1.94. The zero-order valence-electron chi connectivity index (χ0n) is 10.1. The van der Waals surface area contributed by atoms with Gasteiger partial charge in [-0.3, -0.25) is 4.98 Å². The van der Waals surface area contributed by atoms with Crippen LogP contribution >= 0.6 is 0 Å². The van der Waals surface area contributed by atoms with E-state index in [0.29, 0.717) is 0 Å². The first kappa shape index (κ1) is 12.4. The normalized spacial score (nSPS) is 12.8. The van der Waals surface area contributed by atoms with Crippen LogP contribution in [-0.4, -0.2) is 4.98 Å². The molecule has 0 saturated carbocycles. The van der Waals surface area contributed by atoms with Gasteiger partial charge in [0.15, 0.2) is 0 Å². The van der Waals surface area contributed by atoms with Crippen molar-refractivity contribution in [3.63, 3.8) is 0 Å². The van der Waals surface area contributed by atoms with Crippen LogP contribution in [0.4, 0.5) is 0 Å². The second-order valence-electron chi connectivity index (χ2n) is 3.54. The maximum absolute atomic E-state index is 3.98. The van der Waals surface area contributed by atoms with Gasteiger partial charge in [-0.25, -0.2) is 0 Å². The molecule has 0 radical (unpaired) electrons. The second kappa shape index (κ2) is 7.63. The predicted molar refractivity (Wildman–Crippen MR) is 71.1 cm³/mol. The lowest BCUT2D eigenvalue weighted by Crippen LogP contribution is -1.73. The molecule has 1 heterocycles. The van der Waals surface area contributed by atoms with Crippen LogP contribution in [0.15, 0.2) is 54.4 Å². The molecule has 0 fully saturated rings. The summed E-state index contributed by atoms with van der Waals surface area (Å²) in [5, 5.41) is 0. The minimum absolute atomic E-state index is 1.09. The van der Waals surface area contributed by atoms with E-state index < -0.39 is 0 Å². The largest absolute Gasteiger partial charge is 0.265 e. The van der Waals surface area contributed by atoms with Crippen molar-refractivity contribution in [1.82, 2.24) is 4.98 Å². The molecule has 1 rings (SSSR count). The fourth-order valence-electron chi connectivity index (χ4n) is 1.41. The van der Waals surface area contributed by atoms with Gasteiger partial charge in [-0.05, 0) is 30.5 Å². The molecule has 0 amide bonds. The number of aromatic nitrogens is 1. The maximum Gasteiger partial charge on any atom is 0.0273 e. The van der Waals surface area contributed by atoms with E-state index >= 15 is 0 Å². The summed E-state index contributed by atoms with van der Waals surface area (Å²) in [5.74, 6) is 0. The third-order valence-corrected chi connectivity index (χ3v) is 2.29. The van der Waals surface area contributed by atoms with Crippen molar-refractivity contribution in [2.45, 2.75) is 26.7 Å². The number of allylic oxidation sites excluding steroid dienone is 5. The Kier molecular flexibility index (Phi) is 5.94. The average molecular weight is 213 g/mol. The van der Waals surface area contributed by atoms with Gasteiger partial charge in [-0.15, -0.1) is 0 Å². The molecule has 0 saturated heterocycles. The average Bonchev–Trinajstić information content (AvgIpc) is 2.34. The van der Waals surface area contributed by atoms with Crippen LogP contribution in [0, 0.1) is 0 Å². The summed E-state index contributed by atoms with van der Waals surface area (Å²) in [7, 11) is 0. The molecule has 0 bridgehead atoms. The Hall–Kier alpha value is -1.63. The highest BCUT2D eigenvalue weighted by Gasteiger charge is 1.84. The molecule has 1 aromatic rings. The smallest absolute Gasteiger partial charge is 0.0273 e. The van der Waals surface area contributed by atoms with Crippen LogP contribution in [0.25, 0.3) is 6.08 Å². The van der Waals surface area contributed by atoms with Crippen LogP contribution < -0.4 is 0 Å². The number of rotatable bonds is 5. The molecule has 0 aliphatic heterocycles. The van der Waals surface area contributed by atoms with Crippen molar-refractivity contribution >= 4 is 6.08 Å². The van der Waals surface area contributed by atoms with Crippen molar-refractivity contribution in [2.75, 3.05) is 0 Å². The van der Waals surface area contributed by atoms with Crippen LogP contribution in [0.1, 0.15) is 32.3 Å². The quantitative estimate of drug-likeness (QED) is 0.661. The Morgan fingerprint density at radius 1 is 1.19 bits per heavy atom. The van der Waals surface area contributed by atoms with Crippen LogP contribution in [0.2, 0.25) is 0 Å². The van der Waals surface area contributed by atoms with E-state index in [2.05, 4.69) is 49.2 Å². The number of pyridine rings is 1. The van der Waals surface area contributed by atoms with Gasteiger partial charge in [0.25, 0.3) is 0 Å². The molecular formula is C15H19N. The summed E-state index contributed by atoms with van der Waals surface area (Å²) < 4.78 is 0. The lowest BCUT2D eigenvalue weighted by atomic mass is 10.1. The highest BCUT2D eigenvalue weighted by atomic mass is 14.6. The summed E-state index contributed by atoms with van der Waals surface area (Å²) in [5.41, 5.74) is 2.57. The summed E-state index contributed by atoms with van der Waals surface area (Å²) in [6.45, 7) is 4.34. The molecule has 1 nitrogen and oxygen atoms in total. The van der Waals surface area contributed by atoms with Gasteiger partial charge in [0, 0.05) is 12.4 Å². The highest BCUT2D eigenvalue weighted by Crippen LogP contribution is 2.05. The van der Waals surface area contributed by atoms with Crippen LogP contribution in [0.5, 0.6) is 0 Å². The van der Waals surface area contributed by atoms with Crippen LogP contribution in [0.3, 0.4) is 0 Å². The predicted octanol–water partition coefficient (Wildman–Crippen LogP) is 4.40. The summed E-state index contributed by atoms with van der Waals surface area (Å²) in [6, 6.07) is 3.99. The highest BCUT2D eigenvalue weighted by molar-refractivity contribution is 5.50. The summed E-state index contributed by atoms with van der Waals surface area (Å²) >= 11 is 0. The molecule has 1 heteroatoms. The Balaban J connectivity index is 2.54. The first-order valence-electron chi connectivity index (χ1n) is 5.80. The van der Waals surface area contributed by atoms with E-state index in [0.717, 1.165) is 12.8 Å². The van der Waals surface area contributed by atoms with Gasteiger partial charge in [-0.2, -0.15) is 0 Å². The standard InChI is InChI=1S/C15H19N/c1-3-7-14(4-2)8-5-6-9-15-10-12-16-13-11-15/h5-13H,3-4H2,1-2H3/b8-5+,9-6+,14-7+. The van der Waals surface area contributed by atoms with E-state index in [-0.39, 0.29) is 0 Å². The SMILES string of the molecule is CC/C=C(/C=C/C=C/c1ccncc1)CC. The fourth-order valence-corrected chi connectivity index (χ4v) is 1.41. The second-order valence-corrected chi connectivity index (χ2v) is 3.54. The minimum atomic E-state index is 1.09. The molecular weight excluding hydrogens is 194 g/mol. The fraction of sp³-hybridized carbons (Fsp3) is 0.267. The van der Waals surface area contributed by atoms with Gasteiger partial charge in [0.1, 0.15) is 0 Å². The summed E-state index contributed by atoms with van der Waals surface area (Å²) in [4.78, 5) is 3.98. The van der Waals surface area contributed by atoms with Crippen molar-refractivity contribution < 1.29 is 0 Å². The van der Waals surface area contributed by atoms with E-state index in [9.17, 15) is 0 Å². The third-order valence-electron chi connectivity index (χ3n) is 2.29. The zero-order chi connectivity index (χ0) is 11.6. The molecule has 0 aliphatic rings. The Labute approximate surface area is 98.2 Å². The molecule has 1 aromatic heterocycles. The maximum atomic E-state index is 3.98. The lowest BCUT2D eigenvalue weighted by molar-refractivity contribution is 1.10. The molecule has 0 aliphatic carbocycles. The van der Waals surface area contributed by atoms with Crippen molar-refractivity contribution in [2.24, 2.45) is 0 Å². The van der Waals surface area contributed by atoms with Gasteiger partial charge >= 0.3 is 0 Å². The monoisotopic (exact) mass is 213 g/mol. The van der Waals surface area contributed by atoms with Crippen molar-refractivity contribution in [3.05, 3.63) is 60.0 Å². The van der Waals surface area contributed by atoms with E-state index in [4.69, 9.17) is 0 Å². The van der Waals surface area contributed by atoms with Gasteiger partial charge < -0.3 is 0 Å². The minimum Gasteiger partial charge on any atom is -0.265 e. The first-order valence-corrected chi connectivity index (χ1v) is 5.80. The molecule has 0 aromatic carbocycles. The Bertz CT molecular complexity index is 372. The van der Waals surface area contributed by atoms with Crippen LogP contribution in [-0.2, 0) is 0 Å². The molecule has 0 N–H and O–H groups in total. The molecule has 0 atom stereocenters. The van der Waals surface area contributed by atoms with Gasteiger partial charge in [-0.1, -0.05) is 49.8 Å². The van der Waals surface area contributed by atoms with E-state index in [1.807, 2.05) is 12.1 Å². The van der Waals surface area contributed by atoms with E-state index in [1.165, 1.54) is 11.1 Å². The number of hydrogen-bond acceptors (Lipinski definition) is 1. The van der Waals surface area contributed by atoms with Crippen molar-refractivity contribution in [3.8, 4) is 0 Å². The van der Waals surface area contributed by atoms with Crippen molar-refractivity contribution in [1.29, 1.82) is 0 Å². The molecule has 0 spiro atoms. The van der Waals surface area contributed by atoms with Gasteiger partial charge in [0.05, 0.1) is 0 Å². The zero-order valence-corrected chi connectivity index (χ0v) is 10.1. The number of hydrogen-bond donors (Lipinski definition) is 0. The molecule has 16 heavy (non-hydrogen) atoms. The number of nitrogens with zero attached hydrogens (tertiary/aromatic N) is 1. The Morgan fingerprint density at radius 3 is 2.56 bits per heavy atom. The van der Waals surface area contributed by atoms with E-state index in [1.54, 1.807) is 12.4 Å². The topological polar surface area (TPSA) is 12.9 Å². The Morgan fingerprint density at radius 2 is 1.94 bits per heavy atom. The molecule has 84 valence electrons. The first-order chi connectivity index (χ1) is 7.86. The summed E-state index contributed by atoms with van der Waals surface area (Å²) in [6.07, 6.45) is 16.5. The molecule has 0 unspecified atom stereocenters. The van der Waals surface area contributed by atoms with Gasteiger partial charge in [0.2, 0.25) is 0 Å². The third kappa shape index (κ3) is 4.74.